The van der Waals surface area contributed by atoms with Crippen LogP contribution in [0, 0.1) is 5.92 Å². The van der Waals surface area contributed by atoms with E-state index in [-0.39, 0.29) is 13.3 Å². The minimum atomic E-state index is 0. The first-order chi connectivity index (χ1) is 5.18. The second-order valence-electron chi connectivity index (χ2n) is 2.64. The van der Waals surface area contributed by atoms with E-state index in [4.69, 9.17) is 4.74 Å². The fraction of sp³-hybridized carbons (Fsp3) is 0.875. The van der Waals surface area contributed by atoms with Gasteiger partial charge in [-0.2, -0.15) is 0 Å². The predicted molar refractivity (Wildman–Crippen MR) is 46.5 cm³/mol. The van der Waals surface area contributed by atoms with E-state index in [0.29, 0.717) is 19.8 Å². The molecule has 0 saturated heterocycles. The molecule has 1 N–H and O–H groups in total. The van der Waals surface area contributed by atoms with Crippen LogP contribution < -0.4 is 5.32 Å². The number of carbonyl (C=O) groups excluding carboxylic acids is 1. The molecular weight excluding hydrogens is 142 g/mol. The van der Waals surface area contributed by atoms with E-state index in [1.54, 1.807) is 0 Å². The van der Waals surface area contributed by atoms with Crippen molar-refractivity contribution < 1.29 is 11.0 Å². The molecule has 3 nitrogen and oxygen atoms in total. The maximum atomic E-state index is 10.9. The van der Waals surface area contributed by atoms with Gasteiger partial charge < -0.3 is 10.1 Å². The van der Waals surface area contributed by atoms with Gasteiger partial charge in [0.25, 0.3) is 0 Å². The van der Waals surface area contributed by atoms with Gasteiger partial charge in [0.05, 0.1) is 6.61 Å². The Morgan fingerprint density at radius 1 is 1.64 bits per heavy atom. The summed E-state index contributed by atoms with van der Waals surface area (Å²) in [6.07, 6.45) is 0. The maximum absolute atomic E-state index is 10.9. The summed E-state index contributed by atoms with van der Waals surface area (Å²) in [5.41, 5.74) is 0. The molecule has 0 saturated carbocycles. The second kappa shape index (κ2) is 6.16. The average molecular weight is 161 g/mol. The molecule has 3 heteroatoms. The molecule has 0 aromatic heterocycles. The second-order valence-corrected chi connectivity index (χ2v) is 2.64. The van der Waals surface area contributed by atoms with Gasteiger partial charge in [0.2, 0.25) is 5.91 Å². The lowest BCUT2D eigenvalue weighted by atomic mass is 10.2. The average Bonchev–Trinajstić information content (AvgIpc) is 1.97. The number of amides is 1. The smallest absolute Gasteiger partial charge is 0.222 e. The van der Waals surface area contributed by atoms with Crippen molar-refractivity contribution in [1.29, 1.82) is 0 Å². The Labute approximate surface area is 69.6 Å². The summed E-state index contributed by atoms with van der Waals surface area (Å²) in [5.74, 6) is 0.154. The molecule has 0 atom stereocenters. The number of ether oxygens (including phenoxy) is 1. The number of rotatable bonds is 5. The standard InChI is InChI=1S/C8H17NO2.H2/c1-4-11-6-5-9-8(10)7(2)3;/h7H,4-6H2,1-3H3,(H,9,10);1H. The first-order valence-electron chi connectivity index (χ1n) is 4.04. The quantitative estimate of drug-likeness (QED) is 0.612. The zero-order chi connectivity index (χ0) is 8.69. The number of carbonyl (C=O) groups is 1. The Morgan fingerprint density at radius 3 is 2.73 bits per heavy atom. The summed E-state index contributed by atoms with van der Waals surface area (Å²) in [4.78, 5) is 10.9. The van der Waals surface area contributed by atoms with Gasteiger partial charge in [0.1, 0.15) is 0 Å². The molecule has 68 valence electrons. The van der Waals surface area contributed by atoms with Crippen molar-refractivity contribution >= 4 is 5.91 Å². The molecule has 11 heavy (non-hydrogen) atoms. The van der Waals surface area contributed by atoms with Gasteiger partial charge in [-0.15, -0.1) is 0 Å². The van der Waals surface area contributed by atoms with Crippen molar-refractivity contribution in [2.75, 3.05) is 19.8 Å². The number of hydrogen-bond donors (Lipinski definition) is 1. The van der Waals surface area contributed by atoms with Crippen LogP contribution in [0.5, 0.6) is 0 Å². The molecule has 0 aliphatic carbocycles. The minimum absolute atomic E-state index is 0. The van der Waals surface area contributed by atoms with E-state index in [2.05, 4.69) is 5.32 Å². The van der Waals surface area contributed by atoms with Crippen LogP contribution in [-0.2, 0) is 9.53 Å². The Bertz CT molecular complexity index is 118. The molecule has 0 fully saturated rings. The molecule has 0 aliphatic rings. The first kappa shape index (κ1) is 10.4. The lowest BCUT2D eigenvalue weighted by Gasteiger charge is -2.06. The third-order valence-corrected chi connectivity index (χ3v) is 1.27. The summed E-state index contributed by atoms with van der Waals surface area (Å²) < 4.78 is 5.05. The van der Waals surface area contributed by atoms with E-state index in [1.165, 1.54) is 0 Å². The molecule has 0 radical (unpaired) electrons. The molecular formula is C8H19NO2. The van der Waals surface area contributed by atoms with Crippen molar-refractivity contribution in [3.8, 4) is 0 Å². The minimum Gasteiger partial charge on any atom is -0.380 e. The predicted octanol–water partition coefficient (Wildman–Crippen LogP) is 1.04. The molecule has 0 aromatic carbocycles. The molecule has 0 unspecified atom stereocenters. The highest BCUT2D eigenvalue weighted by molar-refractivity contribution is 5.77. The summed E-state index contributed by atoms with van der Waals surface area (Å²) in [6.45, 7) is 7.60. The van der Waals surface area contributed by atoms with Gasteiger partial charge in [-0.25, -0.2) is 0 Å². The SMILES string of the molecule is CCOCCNC(=O)C(C)C.[HH]. The zero-order valence-corrected chi connectivity index (χ0v) is 7.52. The highest BCUT2D eigenvalue weighted by atomic mass is 16.5. The third kappa shape index (κ3) is 5.85. The van der Waals surface area contributed by atoms with E-state index in [1.807, 2.05) is 20.8 Å². The van der Waals surface area contributed by atoms with E-state index in [9.17, 15) is 4.79 Å². The Kier molecular flexibility index (Phi) is 5.84. The summed E-state index contributed by atoms with van der Waals surface area (Å²) in [5, 5.41) is 2.75. The third-order valence-electron chi connectivity index (χ3n) is 1.27. The van der Waals surface area contributed by atoms with Crippen LogP contribution in [0.2, 0.25) is 0 Å². The maximum Gasteiger partial charge on any atom is 0.222 e. The fourth-order valence-electron chi connectivity index (χ4n) is 0.595. The molecule has 0 rings (SSSR count). The van der Waals surface area contributed by atoms with Crippen molar-refractivity contribution in [3.63, 3.8) is 0 Å². The molecule has 0 aliphatic heterocycles. The van der Waals surface area contributed by atoms with Crippen molar-refractivity contribution in [2.45, 2.75) is 20.8 Å². The van der Waals surface area contributed by atoms with Crippen molar-refractivity contribution in [1.82, 2.24) is 5.32 Å². The molecule has 0 aromatic rings. The van der Waals surface area contributed by atoms with E-state index in [0.717, 1.165) is 0 Å². The summed E-state index contributed by atoms with van der Waals surface area (Å²) in [7, 11) is 0. The van der Waals surface area contributed by atoms with Gasteiger partial charge >= 0.3 is 0 Å². The highest BCUT2D eigenvalue weighted by Gasteiger charge is 2.03. The van der Waals surface area contributed by atoms with E-state index >= 15 is 0 Å². The topological polar surface area (TPSA) is 38.3 Å². The Morgan fingerprint density at radius 2 is 2.27 bits per heavy atom. The van der Waals surface area contributed by atoms with Crippen molar-refractivity contribution in [2.24, 2.45) is 5.92 Å². The lowest BCUT2D eigenvalue weighted by Crippen LogP contribution is -2.30. The van der Waals surface area contributed by atoms with E-state index < -0.39 is 0 Å². The molecule has 0 spiro atoms. The fourth-order valence-corrected chi connectivity index (χ4v) is 0.595. The van der Waals surface area contributed by atoms with Gasteiger partial charge in [0, 0.05) is 20.5 Å². The largest absolute Gasteiger partial charge is 0.380 e. The summed E-state index contributed by atoms with van der Waals surface area (Å²) in [6, 6.07) is 0. The van der Waals surface area contributed by atoms with Gasteiger partial charge in [0.15, 0.2) is 0 Å². The summed E-state index contributed by atoms with van der Waals surface area (Å²) >= 11 is 0. The highest BCUT2D eigenvalue weighted by Crippen LogP contribution is 1.89. The van der Waals surface area contributed by atoms with Crippen LogP contribution in [-0.4, -0.2) is 25.7 Å². The molecule has 0 heterocycles. The van der Waals surface area contributed by atoms with Gasteiger partial charge in [-0.05, 0) is 6.92 Å². The van der Waals surface area contributed by atoms with Crippen LogP contribution >= 0.6 is 0 Å². The number of nitrogens with one attached hydrogen (secondary N) is 1. The number of hydrogen-bond acceptors (Lipinski definition) is 2. The van der Waals surface area contributed by atoms with Crippen LogP contribution in [0.4, 0.5) is 0 Å². The monoisotopic (exact) mass is 161 g/mol. The Hall–Kier alpha value is -0.570. The van der Waals surface area contributed by atoms with Crippen LogP contribution in [0.15, 0.2) is 0 Å². The Balaban J connectivity index is 0. The lowest BCUT2D eigenvalue weighted by molar-refractivity contribution is -0.124. The normalized spacial score (nSPS) is 10.2. The van der Waals surface area contributed by atoms with Crippen LogP contribution in [0.3, 0.4) is 0 Å². The van der Waals surface area contributed by atoms with Crippen LogP contribution in [0.1, 0.15) is 22.2 Å². The molecule has 1 amide bonds. The zero-order valence-electron chi connectivity index (χ0n) is 7.52. The van der Waals surface area contributed by atoms with Gasteiger partial charge in [-0.1, -0.05) is 13.8 Å². The molecule has 0 bridgehead atoms. The van der Waals surface area contributed by atoms with Crippen molar-refractivity contribution in [3.05, 3.63) is 0 Å². The van der Waals surface area contributed by atoms with Crippen LogP contribution in [0.25, 0.3) is 0 Å². The first-order valence-corrected chi connectivity index (χ1v) is 4.04. The van der Waals surface area contributed by atoms with Gasteiger partial charge in [-0.3, -0.25) is 4.79 Å².